The maximum atomic E-state index is 10.7. The van der Waals surface area contributed by atoms with E-state index in [-0.39, 0.29) is 5.92 Å². The van der Waals surface area contributed by atoms with E-state index in [1.807, 2.05) is 12.1 Å². The molecule has 2 fully saturated rings. The molecule has 1 saturated carbocycles. The minimum atomic E-state index is -1.27. The van der Waals surface area contributed by atoms with Crippen LogP contribution in [-0.2, 0) is 14.2 Å². The zero-order valence-corrected chi connectivity index (χ0v) is 17.6. The van der Waals surface area contributed by atoms with Crippen LogP contribution in [0.15, 0.2) is 66.5 Å². The molecule has 1 saturated heterocycles. The summed E-state index contributed by atoms with van der Waals surface area (Å²) in [6.45, 7) is 0. The van der Waals surface area contributed by atoms with Crippen molar-refractivity contribution >= 4 is 11.6 Å². The van der Waals surface area contributed by atoms with Crippen LogP contribution in [0, 0.1) is 0 Å². The lowest BCUT2D eigenvalue weighted by molar-refractivity contribution is -0.236. The summed E-state index contributed by atoms with van der Waals surface area (Å²) < 4.78 is 17.2. The topological polar surface area (TPSA) is 88.4 Å². The number of aliphatic hydroxyl groups is 3. The molecule has 0 bridgehead atoms. The Morgan fingerprint density at radius 1 is 1.10 bits per heavy atom. The van der Waals surface area contributed by atoms with Gasteiger partial charge in [0.25, 0.3) is 0 Å². The number of halogens is 1. The fraction of sp³-hybridized carbons (Fsp3) is 0.417. The zero-order valence-electron chi connectivity index (χ0n) is 16.9. The van der Waals surface area contributed by atoms with E-state index in [4.69, 9.17) is 25.8 Å². The van der Waals surface area contributed by atoms with Crippen LogP contribution in [0.4, 0.5) is 0 Å². The van der Waals surface area contributed by atoms with Crippen molar-refractivity contribution in [2.45, 2.75) is 61.6 Å². The Balaban J connectivity index is 1.54. The van der Waals surface area contributed by atoms with Crippen LogP contribution in [0.3, 0.4) is 0 Å². The molecule has 1 unspecified atom stereocenters. The third-order valence-corrected chi connectivity index (χ3v) is 6.85. The Morgan fingerprint density at radius 2 is 1.94 bits per heavy atom. The van der Waals surface area contributed by atoms with Crippen molar-refractivity contribution in [3.8, 4) is 0 Å². The smallest absolute Gasteiger partial charge is 0.150 e. The minimum Gasteiger partial charge on any atom is -0.466 e. The van der Waals surface area contributed by atoms with E-state index in [0.717, 1.165) is 24.0 Å². The summed E-state index contributed by atoms with van der Waals surface area (Å²) in [6.07, 6.45) is 9.40. The van der Waals surface area contributed by atoms with Crippen molar-refractivity contribution in [1.29, 1.82) is 0 Å². The molecule has 7 heteroatoms. The van der Waals surface area contributed by atoms with Gasteiger partial charge in [0.15, 0.2) is 0 Å². The van der Waals surface area contributed by atoms with Crippen LogP contribution in [0.2, 0.25) is 5.02 Å². The van der Waals surface area contributed by atoms with Crippen LogP contribution in [0.5, 0.6) is 0 Å². The molecule has 0 amide bonds. The second kappa shape index (κ2) is 8.11. The number of ether oxygens (including phenoxy) is 3. The maximum Gasteiger partial charge on any atom is 0.150 e. The second-order valence-corrected chi connectivity index (χ2v) is 8.91. The summed E-state index contributed by atoms with van der Waals surface area (Å²) in [4.78, 5) is 0. The summed E-state index contributed by atoms with van der Waals surface area (Å²) in [5.74, 6) is 0.343. The third kappa shape index (κ3) is 3.73. The van der Waals surface area contributed by atoms with Crippen LogP contribution in [-0.4, -0.2) is 39.2 Å². The molecule has 4 aliphatic rings. The Kier molecular flexibility index (Phi) is 5.44. The summed E-state index contributed by atoms with van der Waals surface area (Å²) in [7, 11) is 0. The van der Waals surface area contributed by atoms with Gasteiger partial charge in [-0.3, -0.25) is 0 Å². The first kappa shape index (κ1) is 20.8. The summed E-state index contributed by atoms with van der Waals surface area (Å²) >= 11 is 6.65. The molecular formula is C24H25ClO6. The first-order valence-corrected chi connectivity index (χ1v) is 10.9. The van der Waals surface area contributed by atoms with Gasteiger partial charge in [0.2, 0.25) is 0 Å². The van der Waals surface area contributed by atoms with Crippen LogP contribution >= 0.6 is 11.6 Å². The van der Waals surface area contributed by atoms with Gasteiger partial charge in [-0.05, 0) is 42.9 Å². The first-order valence-electron chi connectivity index (χ1n) is 10.5. The lowest BCUT2D eigenvalue weighted by Crippen LogP contribution is -2.55. The third-order valence-electron chi connectivity index (χ3n) is 6.51. The average molecular weight is 445 g/mol. The predicted molar refractivity (Wildman–Crippen MR) is 114 cm³/mol. The first-order chi connectivity index (χ1) is 15.0. The highest BCUT2D eigenvalue weighted by molar-refractivity contribution is 6.31. The lowest BCUT2D eigenvalue weighted by atomic mass is 9.83. The molecular weight excluding hydrogens is 420 g/mol. The van der Waals surface area contributed by atoms with E-state index >= 15 is 0 Å². The molecule has 1 spiro atoms. The van der Waals surface area contributed by atoms with Crippen LogP contribution in [0.1, 0.15) is 48.8 Å². The van der Waals surface area contributed by atoms with Crippen molar-refractivity contribution in [2.75, 3.05) is 0 Å². The number of allylic oxidation sites excluding steroid dienone is 4. The molecule has 2 heterocycles. The Bertz CT molecular complexity index is 976. The van der Waals surface area contributed by atoms with Crippen molar-refractivity contribution in [1.82, 2.24) is 0 Å². The van der Waals surface area contributed by atoms with Crippen molar-refractivity contribution in [3.63, 3.8) is 0 Å². The van der Waals surface area contributed by atoms with E-state index in [1.54, 1.807) is 18.4 Å². The highest BCUT2D eigenvalue weighted by atomic mass is 35.5. The number of aliphatic hydroxyl groups excluding tert-OH is 3. The van der Waals surface area contributed by atoms with Gasteiger partial charge in [-0.25, -0.2) is 0 Å². The van der Waals surface area contributed by atoms with E-state index in [0.29, 0.717) is 29.2 Å². The molecule has 3 N–H and O–H groups in total. The molecule has 0 aromatic heterocycles. The minimum absolute atomic E-state index is 0.270. The lowest BCUT2D eigenvalue weighted by Gasteiger charge is -2.41. The molecule has 1 aromatic rings. The summed E-state index contributed by atoms with van der Waals surface area (Å²) in [6, 6.07) is 5.45. The monoisotopic (exact) mass is 444 g/mol. The molecule has 31 heavy (non-hydrogen) atoms. The molecule has 0 radical (unpaired) electrons. The SMILES string of the molecule is O[C@@H]1[C@@H](O)[C@H](O)C2(CC2)O[C@H]1c1ccc(Cl)c(C(C2=CC=CCC2)C2=COC=CO2)c1. The van der Waals surface area contributed by atoms with Gasteiger partial charge in [0, 0.05) is 5.02 Å². The number of hydrogen-bond donors (Lipinski definition) is 3. The van der Waals surface area contributed by atoms with Gasteiger partial charge >= 0.3 is 0 Å². The Morgan fingerprint density at radius 3 is 2.61 bits per heavy atom. The van der Waals surface area contributed by atoms with Crippen LogP contribution in [0.25, 0.3) is 0 Å². The fourth-order valence-electron chi connectivity index (χ4n) is 4.64. The van der Waals surface area contributed by atoms with Gasteiger partial charge in [-0.15, -0.1) is 0 Å². The maximum absolute atomic E-state index is 10.7. The normalized spacial score (nSPS) is 32.0. The number of rotatable bonds is 4. The Labute approximate surface area is 185 Å². The predicted octanol–water partition coefficient (Wildman–Crippen LogP) is 3.75. The van der Waals surface area contributed by atoms with Crippen molar-refractivity contribution in [3.05, 3.63) is 82.7 Å². The number of hydrogen-bond acceptors (Lipinski definition) is 6. The highest BCUT2D eigenvalue weighted by Crippen LogP contribution is 2.52. The molecule has 1 aromatic carbocycles. The van der Waals surface area contributed by atoms with E-state index in [1.165, 1.54) is 12.5 Å². The largest absolute Gasteiger partial charge is 0.466 e. The molecule has 5 rings (SSSR count). The summed E-state index contributed by atoms with van der Waals surface area (Å²) in [5, 5.41) is 31.9. The van der Waals surface area contributed by atoms with E-state index in [2.05, 4.69) is 12.2 Å². The second-order valence-electron chi connectivity index (χ2n) is 8.50. The van der Waals surface area contributed by atoms with Crippen LogP contribution < -0.4 is 0 Å². The molecule has 5 atom stereocenters. The van der Waals surface area contributed by atoms with E-state index < -0.39 is 30.0 Å². The van der Waals surface area contributed by atoms with Gasteiger partial charge in [-0.2, -0.15) is 0 Å². The quantitative estimate of drug-likeness (QED) is 0.655. The fourth-order valence-corrected chi connectivity index (χ4v) is 4.86. The molecule has 164 valence electrons. The van der Waals surface area contributed by atoms with Gasteiger partial charge in [-0.1, -0.05) is 47.5 Å². The zero-order chi connectivity index (χ0) is 21.6. The number of benzene rings is 1. The van der Waals surface area contributed by atoms with Gasteiger partial charge in [0.05, 0.1) is 11.5 Å². The van der Waals surface area contributed by atoms with Gasteiger partial charge in [0.1, 0.15) is 49.0 Å². The van der Waals surface area contributed by atoms with Gasteiger partial charge < -0.3 is 29.5 Å². The molecule has 2 aliphatic carbocycles. The molecule has 2 aliphatic heterocycles. The average Bonchev–Trinajstić information content (AvgIpc) is 3.59. The summed E-state index contributed by atoms with van der Waals surface area (Å²) in [5.41, 5.74) is 1.83. The standard InChI is InChI=1S/C24H25ClO6/c25-17-7-6-15(22-20(26)21(27)23(28)24(31-22)8-9-24)12-16(17)19(14-4-2-1-3-5-14)18-13-29-10-11-30-18/h1-2,4,6-7,10-13,19-23,26-28H,3,5,8-9H2/t19?,20-,21-,22+,23+/m1/s1. The van der Waals surface area contributed by atoms with Crippen molar-refractivity contribution < 1.29 is 29.5 Å². The van der Waals surface area contributed by atoms with Crippen molar-refractivity contribution in [2.24, 2.45) is 0 Å². The van der Waals surface area contributed by atoms with E-state index in [9.17, 15) is 15.3 Å². The molecule has 6 nitrogen and oxygen atoms in total. The Hall–Kier alpha value is -2.09. The highest BCUT2D eigenvalue weighted by Gasteiger charge is 2.60.